The van der Waals surface area contributed by atoms with Crippen molar-refractivity contribution in [2.75, 3.05) is 17.7 Å². The molecular formula is C14H20N4O3. The van der Waals surface area contributed by atoms with Crippen LogP contribution < -0.4 is 16.4 Å². The fourth-order valence-corrected chi connectivity index (χ4v) is 1.80. The number of rotatable bonds is 6. The fourth-order valence-electron chi connectivity index (χ4n) is 1.80. The topological polar surface area (TPSA) is 106 Å². The molecule has 1 saturated carbocycles. The van der Waals surface area contributed by atoms with Crippen LogP contribution in [-0.4, -0.2) is 35.6 Å². The lowest BCUT2D eigenvalue weighted by Crippen LogP contribution is -2.39. The van der Waals surface area contributed by atoms with Gasteiger partial charge in [-0.3, -0.25) is 4.79 Å². The number of nitrogen functional groups attached to an aromatic ring is 1. The van der Waals surface area contributed by atoms with Gasteiger partial charge in [0.05, 0.1) is 17.9 Å². The SMILES string of the molecule is CCOC(=O)c1ccnc(NC(C)C(=O)NC2CC2)c1N. The standard InChI is InChI=1S/C14H20N4O3/c1-3-21-14(20)10-6-7-16-12(11(10)15)17-8(2)13(19)18-9-4-5-9/h6-9H,3-5,15H2,1-2H3,(H,16,17)(H,18,19). The summed E-state index contributed by atoms with van der Waals surface area (Å²) in [5.41, 5.74) is 6.34. The fraction of sp³-hybridized carbons (Fsp3) is 0.500. The summed E-state index contributed by atoms with van der Waals surface area (Å²) in [7, 11) is 0. The van der Waals surface area contributed by atoms with Crippen molar-refractivity contribution in [3.63, 3.8) is 0 Å². The zero-order valence-electron chi connectivity index (χ0n) is 12.2. The molecular weight excluding hydrogens is 272 g/mol. The van der Waals surface area contributed by atoms with Crippen molar-refractivity contribution in [1.82, 2.24) is 10.3 Å². The van der Waals surface area contributed by atoms with E-state index in [4.69, 9.17) is 10.5 Å². The quantitative estimate of drug-likeness (QED) is 0.673. The van der Waals surface area contributed by atoms with Gasteiger partial charge in [-0.05, 0) is 32.8 Å². The van der Waals surface area contributed by atoms with Crippen molar-refractivity contribution in [1.29, 1.82) is 0 Å². The Morgan fingerprint density at radius 2 is 2.24 bits per heavy atom. The minimum absolute atomic E-state index is 0.111. The van der Waals surface area contributed by atoms with Crippen molar-refractivity contribution in [2.24, 2.45) is 0 Å². The number of ether oxygens (including phenoxy) is 1. The van der Waals surface area contributed by atoms with Crippen LogP contribution in [-0.2, 0) is 9.53 Å². The molecule has 1 aromatic heterocycles. The molecule has 0 aliphatic heterocycles. The maximum Gasteiger partial charge on any atom is 0.340 e. The second-order valence-electron chi connectivity index (χ2n) is 4.99. The highest BCUT2D eigenvalue weighted by atomic mass is 16.5. The molecule has 21 heavy (non-hydrogen) atoms. The molecule has 1 atom stereocenters. The van der Waals surface area contributed by atoms with E-state index >= 15 is 0 Å². The number of nitrogens with one attached hydrogen (secondary N) is 2. The number of carbonyl (C=O) groups excluding carboxylic acids is 2. The van der Waals surface area contributed by atoms with Crippen LogP contribution in [0.15, 0.2) is 12.3 Å². The Balaban J connectivity index is 2.06. The van der Waals surface area contributed by atoms with Crippen LogP contribution in [0.25, 0.3) is 0 Å². The van der Waals surface area contributed by atoms with E-state index in [9.17, 15) is 9.59 Å². The van der Waals surface area contributed by atoms with Gasteiger partial charge in [-0.25, -0.2) is 9.78 Å². The number of hydrogen-bond acceptors (Lipinski definition) is 6. The monoisotopic (exact) mass is 292 g/mol. The molecule has 2 rings (SSSR count). The van der Waals surface area contributed by atoms with Crippen molar-refractivity contribution in [3.8, 4) is 0 Å². The Morgan fingerprint density at radius 3 is 2.86 bits per heavy atom. The number of aromatic nitrogens is 1. The summed E-state index contributed by atoms with van der Waals surface area (Å²) in [6.45, 7) is 3.71. The summed E-state index contributed by atoms with van der Waals surface area (Å²) in [4.78, 5) is 27.7. The van der Waals surface area contributed by atoms with Gasteiger partial charge in [-0.15, -0.1) is 0 Å². The number of carbonyl (C=O) groups is 2. The van der Waals surface area contributed by atoms with Crippen LogP contribution in [0.3, 0.4) is 0 Å². The van der Waals surface area contributed by atoms with E-state index in [-0.39, 0.29) is 29.8 Å². The van der Waals surface area contributed by atoms with Crippen molar-refractivity contribution < 1.29 is 14.3 Å². The van der Waals surface area contributed by atoms with E-state index in [0.717, 1.165) is 12.8 Å². The second-order valence-corrected chi connectivity index (χ2v) is 4.99. The zero-order valence-corrected chi connectivity index (χ0v) is 12.2. The molecule has 0 aromatic carbocycles. The lowest BCUT2D eigenvalue weighted by molar-refractivity contribution is -0.121. The average Bonchev–Trinajstić information content (AvgIpc) is 3.25. The highest BCUT2D eigenvalue weighted by Crippen LogP contribution is 2.22. The highest BCUT2D eigenvalue weighted by molar-refractivity contribution is 5.98. The molecule has 0 bridgehead atoms. The summed E-state index contributed by atoms with van der Waals surface area (Å²) in [6.07, 6.45) is 3.50. The molecule has 7 nitrogen and oxygen atoms in total. The van der Waals surface area contributed by atoms with E-state index < -0.39 is 12.0 Å². The van der Waals surface area contributed by atoms with Gasteiger partial charge < -0.3 is 21.1 Å². The molecule has 7 heteroatoms. The Hall–Kier alpha value is -2.31. The van der Waals surface area contributed by atoms with E-state index in [1.807, 2.05) is 0 Å². The first-order chi connectivity index (χ1) is 10.0. The lowest BCUT2D eigenvalue weighted by atomic mass is 10.2. The summed E-state index contributed by atoms with van der Waals surface area (Å²) in [5, 5.41) is 5.81. The highest BCUT2D eigenvalue weighted by Gasteiger charge is 2.26. The van der Waals surface area contributed by atoms with Gasteiger partial charge in [0.25, 0.3) is 0 Å². The number of pyridine rings is 1. The van der Waals surface area contributed by atoms with Crippen LogP contribution in [0.5, 0.6) is 0 Å². The van der Waals surface area contributed by atoms with E-state index in [1.165, 1.54) is 12.3 Å². The third kappa shape index (κ3) is 3.84. The Morgan fingerprint density at radius 1 is 1.52 bits per heavy atom. The first-order valence-corrected chi connectivity index (χ1v) is 7.01. The molecule has 0 saturated heterocycles. The average molecular weight is 292 g/mol. The Kier molecular flexibility index (Phi) is 4.62. The van der Waals surface area contributed by atoms with Crippen LogP contribution in [0.4, 0.5) is 11.5 Å². The van der Waals surface area contributed by atoms with Crippen LogP contribution in [0.2, 0.25) is 0 Å². The predicted octanol–water partition coefficient (Wildman–Crippen LogP) is 0.919. The van der Waals surface area contributed by atoms with Crippen molar-refractivity contribution in [3.05, 3.63) is 17.8 Å². The molecule has 1 aliphatic carbocycles. The first-order valence-electron chi connectivity index (χ1n) is 7.01. The largest absolute Gasteiger partial charge is 0.462 e. The minimum Gasteiger partial charge on any atom is -0.462 e. The predicted molar refractivity (Wildman–Crippen MR) is 78.9 cm³/mol. The molecule has 114 valence electrons. The summed E-state index contributed by atoms with van der Waals surface area (Å²) in [5.74, 6) is -0.310. The molecule has 1 heterocycles. The summed E-state index contributed by atoms with van der Waals surface area (Å²) in [6, 6.07) is 1.30. The molecule has 4 N–H and O–H groups in total. The van der Waals surface area contributed by atoms with Gasteiger partial charge in [0.2, 0.25) is 5.91 Å². The normalized spacial score (nSPS) is 15.1. The summed E-state index contributed by atoms with van der Waals surface area (Å²) < 4.78 is 4.92. The number of anilines is 2. The van der Waals surface area contributed by atoms with Crippen molar-refractivity contribution in [2.45, 2.75) is 38.8 Å². The van der Waals surface area contributed by atoms with Gasteiger partial charge in [0.1, 0.15) is 6.04 Å². The van der Waals surface area contributed by atoms with Gasteiger partial charge in [0, 0.05) is 12.2 Å². The third-order valence-electron chi connectivity index (χ3n) is 3.16. The van der Waals surface area contributed by atoms with Crippen LogP contribution >= 0.6 is 0 Å². The number of hydrogen-bond donors (Lipinski definition) is 3. The first kappa shape index (κ1) is 15.1. The van der Waals surface area contributed by atoms with Crippen molar-refractivity contribution >= 4 is 23.4 Å². The minimum atomic E-state index is -0.504. The van der Waals surface area contributed by atoms with E-state index in [1.54, 1.807) is 13.8 Å². The van der Waals surface area contributed by atoms with Crippen LogP contribution in [0.1, 0.15) is 37.0 Å². The lowest BCUT2D eigenvalue weighted by Gasteiger charge is -2.16. The number of nitrogens with zero attached hydrogens (tertiary/aromatic N) is 1. The molecule has 1 amide bonds. The van der Waals surface area contributed by atoms with E-state index in [2.05, 4.69) is 15.6 Å². The number of esters is 1. The molecule has 0 radical (unpaired) electrons. The maximum absolute atomic E-state index is 11.9. The van der Waals surface area contributed by atoms with Gasteiger partial charge in [-0.2, -0.15) is 0 Å². The van der Waals surface area contributed by atoms with Gasteiger partial charge >= 0.3 is 5.97 Å². The molecule has 0 spiro atoms. The summed E-state index contributed by atoms with van der Waals surface area (Å²) >= 11 is 0. The van der Waals surface area contributed by atoms with Gasteiger partial charge in [-0.1, -0.05) is 0 Å². The number of amides is 1. The number of nitrogens with two attached hydrogens (primary N) is 1. The Bertz CT molecular complexity index is 543. The Labute approximate surface area is 123 Å². The second kappa shape index (κ2) is 6.43. The molecule has 1 aromatic rings. The molecule has 1 fully saturated rings. The van der Waals surface area contributed by atoms with E-state index in [0.29, 0.717) is 5.82 Å². The van der Waals surface area contributed by atoms with Gasteiger partial charge in [0.15, 0.2) is 5.82 Å². The smallest absolute Gasteiger partial charge is 0.340 e. The third-order valence-corrected chi connectivity index (χ3v) is 3.16. The maximum atomic E-state index is 11.9. The van der Waals surface area contributed by atoms with Crippen LogP contribution in [0, 0.1) is 0 Å². The molecule has 1 aliphatic rings. The molecule has 1 unspecified atom stereocenters. The zero-order chi connectivity index (χ0) is 15.4.